The maximum Gasteiger partial charge on any atom is 0.307 e. The molecule has 112 valence electrons. The number of aliphatic hydroxyl groups is 1. The van der Waals surface area contributed by atoms with Crippen LogP contribution in [0.1, 0.15) is 33.1 Å². The second-order valence-electron chi connectivity index (χ2n) is 6.30. The normalized spacial score (nSPS) is 34.0. The molecule has 5 atom stereocenters. The average Bonchev–Trinajstić information content (AvgIpc) is 2.95. The van der Waals surface area contributed by atoms with Crippen molar-refractivity contribution < 1.29 is 19.8 Å². The number of carbonyl (C=O) groups is 2. The molecule has 0 heterocycles. The minimum absolute atomic E-state index is 0.0237. The van der Waals surface area contributed by atoms with Gasteiger partial charge >= 0.3 is 5.97 Å². The highest BCUT2D eigenvalue weighted by molar-refractivity contribution is 5.86. The SMILES string of the molecule is CCCC(C)(O)CNC(=O)C1C2C=CC(C2)C1C(=O)O. The van der Waals surface area contributed by atoms with E-state index in [1.807, 2.05) is 19.1 Å². The molecule has 2 aliphatic carbocycles. The van der Waals surface area contributed by atoms with Crippen LogP contribution in [0, 0.1) is 23.7 Å². The van der Waals surface area contributed by atoms with Gasteiger partial charge in [0.1, 0.15) is 0 Å². The largest absolute Gasteiger partial charge is 0.481 e. The number of allylic oxidation sites excluding steroid dienone is 2. The van der Waals surface area contributed by atoms with Crippen molar-refractivity contribution in [3.05, 3.63) is 12.2 Å². The first-order valence-electron chi connectivity index (χ1n) is 7.27. The standard InChI is InChI=1S/C15H23NO4/c1-3-6-15(2,20)8-16-13(17)11-9-4-5-10(7-9)12(11)14(18)19/h4-5,9-12,20H,3,6-8H2,1-2H3,(H,16,17)(H,18,19). The molecular weight excluding hydrogens is 258 g/mol. The minimum atomic E-state index is -0.934. The van der Waals surface area contributed by atoms with Crippen LogP contribution in [0.15, 0.2) is 12.2 Å². The zero-order valence-electron chi connectivity index (χ0n) is 12.0. The fourth-order valence-electron chi connectivity index (χ4n) is 3.54. The number of rotatable bonds is 6. The monoisotopic (exact) mass is 281 g/mol. The van der Waals surface area contributed by atoms with Crippen LogP contribution in [0.2, 0.25) is 0 Å². The molecule has 0 aromatic carbocycles. The molecule has 3 N–H and O–H groups in total. The molecule has 5 nitrogen and oxygen atoms in total. The van der Waals surface area contributed by atoms with E-state index in [9.17, 15) is 19.8 Å². The number of carbonyl (C=O) groups excluding carboxylic acids is 1. The van der Waals surface area contributed by atoms with Gasteiger partial charge < -0.3 is 15.5 Å². The number of nitrogens with one attached hydrogen (secondary N) is 1. The Morgan fingerprint density at radius 2 is 1.90 bits per heavy atom. The van der Waals surface area contributed by atoms with E-state index in [0.29, 0.717) is 6.42 Å². The smallest absolute Gasteiger partial charge is 0.307 e. The highest BCUT2D eigenvalue weighted by atomic mass is 16.4. The van der Waals surface area contributed by atoms with Gasteiger partial charge in [0.2, 0.25) is 5.91 Å². The van der Waals surface area contributed by atoms with Gasteiger partial charge in [-0.3, -0.25) is 9.59 Å². The summed E-state index contributed by atoms with van der Waals surface area (Å²) in [5, 5.41) is 22.1. The third-order valence-electron chi connectivity index (χ3n) is 4.48. The number of aliphatic carboxylic acids is 1. The molecule has 2 bridgehead atoms. The lowest BCUT2D eigenvalue weighted by molar-refractivity contribution is -0.148. The van der Waals surface area contributed by atoms with Gasteiger partial charge in [0.05, 0.1) is 17.4 Å². The second-order valence-corrected chi connectivity index (χ2v) is 6.30. The minimum Gasteiger partial charge on any atom is -0.481 e. The molecule has 1 amide bonds. The number of carboxylic acid groups (broad SMARTS) is 1. The molecule has 1 saturated carbocycles. The summed E-state index contributed by atoms with van der Waals surface area (Å²) in [6.07, 6.45) is 6.06. The molecule has 5 unspecified atom stereocenters. The topological polar surface area (TPSA) is 86.6 Å². The Balaban J connectivity index is 1.99. The lowest BCUT2D eigenvalue weighted by atomic mass is 9.82. The fourth-order valence-corrected chi connectivity index (χ4v) is 3.54. The zero-order valence-corrected chi connectivity index (χ0v) is 12.0. The molecule has 0 aromatic rings. The molecule has 5 heteroatoms. The van der Waals surface area contributed by atoms with E-state index in [1.54, 1.807) is 6.92 Å². The third kappa shape index (κ3) is 2.87. The molecular formula is C15H23NO4. The zero-order chi connectivity index (χ0) is 14.9. The highest BCUT2D eigenvalue weighted by Gasteiger charge is 2.51. The quantitative estimate of drug-likeness (QED) is 0.638. The van der Waals surface area contributed by atoms with Crippen molar-refractivity contribution >= 4 is 11.9 Å². The van der Waals surface area contributed by atoms with E-state index in [0.717, 1.165) is 12.8 Å². The first-order valence-corrected chi connectivity index (χ1v) is 7.27. The molecule has 2 aliphatic rings. The van der Waals surface area contributed by atoms with Gasteiger partial charge in [-0.1, -0.05) is 25.5 Å². The van der Waals surface area contributed by atoms with Crippen LogP contribution in [0.4, 0.5) is 0 Å². The molecule has 2 rings (SSSR count). The molecule has 1 fully saturated rings. The predicted octanol–water partition coefficient (Wildman–Crippen LogP) is 1.18. The van der Waals surface area contributed by atoms with E-state index < -0.39 is 23.4 Å². The summed E-state index contributed by atoms with van der Waals surface area (Å²) in [5.41, 5.74) is -0.934. The Bertz CT molecular complexity index is 430. The van der Waals surface area contributed by atoms with Crippen LogP contribution in [0.5, 0.6) is 0 Å². The van der Waals surface area contributed by atoms with Crippen LogP contribution >= 0.6 is 0 Å². The van der Waals surface area contributed by atoms with E-state index in [2.05, 4.69) is 5.32 Å². The van der Waals surface area contributed by atoms with Crippen LogP contribution in [0.3, 0.4) is 0 Å². The highest BCUT2D eigenvalue weighted by Crippen LogP contribution is 2.48. The van der Waals surface area contributed by atoms with Crippen molar-refractivity contribution in [2.24, 2.45) is 23.7 Å². The van der Waals surface area contributed by atoms with Crippen molar-refractivity contribution in [1.29, 1.82) is 0 Å². The van der Waals surface area contributed by atoms with Crippen molar-refractivity contribution in [3.8, 4) is 0 Å². The van der Waals surface area contributed by atoms with E-state index in [1.165, 1.54) is 0 Å². The van der Waals surface area contributed by atoms with E-state index in [-0.39, 0.29) is 24.3 Å². The average molecular weight is 281 g/mol. The Morgan fingerprint density at radius 1 is 1.30 bits per heavy atom. The predicted molar refractivity (Wildman–Crippen MR) is 73.9 cm³/mol. The Morgan fingerprint density at radius 3 is 2.45 bits per heavy atom. The number of hydrogen-bond acceptors (Lipinski definition) is 3. The van der Waals surface area contributed by atoms with Crippen molar-refractivity contribution in [1.82, 2.24) is 5.32 Å². The Labute approximate surface area is 119 Å². The van der Waals surface area contributed by atoms with Gasteiger partial charge in [-0.25, -0.2) is 0 Å². The van der Waals surface area contributed by atoms with E-state index in [4.69, 9.17) is 0 Å². The summed E-state index contributed by atoms with van der Waals surface area (Å²) in [4.78, 5) is 23.6. The first kappa shape index (κ1) is 15.0. The summed E-state index contributed by atoms with van der Waals surface area (Å²) >= 11 is 0. The lowest BCUT2D eigenvalue weighted by Crippen LogP contribution is -2.46. The van der Waals surface area contributed by atoms with Gasteiger partial charge in [0.25, 0.3) is 0 Å². The van der Waals surface area contributed by atoms with Crippen LogP contribution < -0.4 is 5.32 Å². The van der Waals surface area contributed by atoms with Crippen LogP contribution in [0.25, 0.3) is 0 Å². The number of carboxylic acids is 1. The lowest BCUT2D eigenvalue weighted by Gasteiger charge is -2.27. The molecule has 0 aliphatic heterocycles. The third-order valence-corrected chi connectivity index (χ3v) is 4.48. The van der Waals surface area contributed by atoms with Crippen molar-refractivity contribution in [3.63, 3.8) is 0 Å². The van der Waals surface area contributed by atoms with Crippen molar-refractivity contribution in [2.45, 2.75) is 38.7 Å². The van der Waals surface area contributed by atoms with E-state index >= 15 is 0 Å². The first-order chi connectivity index (χ1) is 9.35. The van der Waals surface area contributed by atoms with Crippen molar-refractivity contribution in [2.75, 3.05) is 6.54 Å². The van der Waals surface area contributed by atoms with Crippen LogP contribution in [-0.4, -0.2) is 34.2 Å². The molecule has 0 aromatic heterocycles. The molecule has 0 spiro atoms. The summed E-state index contributed by atoms with van der Waals surface area (Å²) in [5.74, 6) is -2.27. The van der Waals surface area contributed by atoms with Gasteiger partial charge in [-0.15, -0.1) is 0 Å². The second kappa shape index (κ2) is 5.56. The van der Waals surface area contributed by atoms with Gasteiger partial charge in [0.15, 0.2) is 0 Å². The number of amides is 1. The molecule has 0 radical (unpaired) electrons. The van der Waals surface area contributed by atoms with Gasteiger partial charge in [-0.2, -0.15) is 0 Å². The number of hydrogen-bond donors (Lipinski definition) is 3. The van der Waals surface area contributed by atoms with Gasteiger partial charge in [-0.05, 0) is 31.6 Å². The number of fused-ring (bicyclic) bond motifs is 2. The summed E-state index contributed by atoms with van der Waals surface area (Å²) in [7, 11) is 0. The fraction of sp³-hybridized carbons (Fsp3) is 0.733. The van der Waals surface area contributed by atoms with Crippen LogP contribution in [-0.2, 0) is 9.59 Å². The Kier molecular flexibility index (Phi) is 4.18. The summed E-state index contributed by atoms with van der Waals surface area (Å²) in [6.45, 7) is 3.83. The van der Waals surface area contributed by atoms with Gasteiger partial charge in [0, 0.05) is 6.54 Å². The Hall–Kier alpha value is -1.36. The maximum absolute atomic E-state index is 12.3. The summed E-state index contributed by atoms with van der Waals surface area (Å²) < 4.78 is 0. The molecule has 0 saturated heterocycles. The summed E-state index contributed by atoms with van der Waals surface area (Å²) in [6, 6.07) is 0. The maximum atomic E-state index is 12.3. The molecule has 20 heavy (non-hydrogen) atoms.